The van der Waals surface area contributed by atoms with Gasteiger partial charge in [-0.3, -0.25) is 9.13 Å². The summed E-state index contributed by atoms with van der Waals surface area (Å²) in [6.07, 6.45) is 1.98. The van der Waals surface area contributed by atoms with Gasteiger partial charge in [0.1, 0.15) is 5.52 Å². The van der Waals surface area contributed by atoms with E-state index >= 15 is 0 Å². The Kier molecular flexibility index (Phi) is 2.62. The number of methoxy groups -OCH3 is 1. The average molecular weight is 284 g/mol. The molecule has 1 aliphatic carbocycles. The number of nitrogens with zero attached hydrogens (tertiary/aromatic N) is 4. The van der Waals surface area contributed by atoms with E-state index < -0.39 is 0 Å². The van der Waals surface area contributed by atoms with Crippen molar-refractivity contribution in [2.24, 2.45) is 7.05 Å². The fourth-order valence-corrected chi connectivity index (χ4v) is 3.12. The summed E-state index contributed by atoms with van der Waals surface area (Å²) < 4.78 is 8.78. The maximum Gasteiger partial charge on any atom is 0.330 e. The summed E-state index contributed by atoms with van der Waals surface area (Å²) in [5.74, 6) is 0. The monoisotopic (exact) mass is 284 g/mol. The normalized spacial score (nSPS) is 21.8. The van der Waals surface area contributed by atoms with Crippen molar-refractivity contribution in [3.63, 3.8) is 0 Å². The molecule has 0 N–H and O–H groups in total. The fourth-order valence-electron chi connectivity index (χ4n) is 3.12. The third-order valence-electron chi connectivity index (χ3n) is 4.44. The Morgan fingerprint density at radius 2 is 2.00 bits per heavy atom. The van der Waals surface area contributed by atoms with Gasteiger partial charge in [-0.25, -0.2) is 4.79 Å². The smallest absolute Gasteiger partial charge is 0.330 e. The van der Waals surface area contributed by atoms with Gasteiger partial charge >= 0.3 is 5.69 Å². The quantitative estimate of drug-likeness (QED) is 0.717. The van der Waals surface area contributed by atoms with Crippen molar-refractivity contribution < 1.29 is 4.74 Å². The first-order valence-corrected chi connectivity index (χ1v) is 7.06. The van der Waals surface area contributed by atoms with Gasteiger partial charge in [-0.15, -0.1) is 10.2 Å². The molecular formula is C15H16N4O2. The third kappa shape index (κ3) is 1.65. The summed E-state index contributed by atoms with van der Waals surface area (Å²) in [5, 5.41) is 9.42. The zero-order valence-electron chi connectivity index (χ0n) is 12.0. The Hall–Kier alpha value is -2.21. The number of hydrogen-bond donors (Lipinski definition) is 0. The highest BCUT2D eigenvalue weighted by Gasteiger charge is 2.34. The van der Waals surface area contributed by atoms with Gasteiger partial charge in [-0.05, 0) is 18.9 Å². The average Bonchev–Trinajstić information content (AvgIpc) is 2.72. The van der Waals surface area contributed by atoms with Gasteiger partial charge in [-0.1, -0.05) is 18.2 Å². The van der Waals surface area contributed by atoms with Crippen molar-refractivity contribution in [1.29, 1.82) is 0 Å². The molecule has 2 aromatic heterocycles. The molecule has 2 heterocycles. The molecule has 0 amide bonds. The van der Waals surface area contributed by atoms with Crippen LogP contribution in [0.3, 0.4) is 0 Å². The highest BCUT2D eigenvalue weighted by molar-refractivity contribution is 6.00. The molecule has 1 aliphatic rings. The Balaban J connectivity index is 2.03. The van der Waals surface area contributed by atoms with Crippen molar-refractivity contribution in [3.05, 3.63) is 34.7 Å². The van der Waals surface area contributed by atoms with Crippen LogP contribution in [-0.4, -0.2) is 32.5 Å². The molecule has 0 atom stereocenters. The van der Waals surface area contributed by atoms with Crippen molar-refractivity contribution >= 4 is 22.1 Å². The van der Waals surface area contributed by atoms with Crippen LogP contribution in [0.25, 0.3) is 22.1 Å². The maximum atomic E-state index is 12.6. The minimum atomic E-state index is -0.0322. The lowest BCUT2D eigenvalue weighted by atomic mass is 9.89. The molecule has 1 fully saturated rings. The van der Waals surface area contributed by atoms with E-state index in [0.717, 1.165) is 29.3 Å². The zero-order chi connectivity index (χ0) is 14.6. The Labute approximate surface area is 121 Å². The van der Waals surface area contributed by atoms with Crippen molar-refractivity contribution in [1.82, 2.24) is 19.3 Å². The van der Waals surface area contributed by atoms with E-state index in [9.17, 15) is 4.79 Å². The lowest BCUT2D eigenvalue weighted by Crippen LogP contribution is -2.37. The van der Waals surface area contributed by atoms with Crippen LogP contribution in [0.2, 0.25) is 0 Å². The third-order valence-corrected chi connectivity index (χ3v) is 4.44. The molecule has 1 saturated carbocycles. The number of rotatable bonds is 2. The molecule has 0 unspecified atom stereocenters. The lowest BCUT2D eigenvalue weighted by molar-refractivity contribution is 0.00635. The molecule has 3 aromatic rings. The first-order valence-electron chi connectivity index (χ1n) is 7.06. The second-order valence-electron chi connectivity index (χ2n) is 5.58. The van der Waals surface area contributed by atoms with Crippen LogP contribution in [0.5, 0.6) is 0 Å². The Morgan fingerprint density at radius 1 is 1.24 bits per heavy atom. The number of ether oxygens (including phenoxy) is 1. The lowest BCUT2D eigenvalue weighted by Gasteiger charge is -2.34. The fraction of sp³-hybridized carbons (Fsp3) is 0.400. The van der Waals surface area contributed by atoms with Crippen LogP contribution in [0, 0.1) is 0 Å². The van der Waals surface area contributed by atoms with Crippen molar-refractivity contribution in [2.45, 2.75) is 25.0 Å². The van der Waals surface area contributed by atoms with E-state index in [1.165, 1.54) is 0 Å². The molecule has 6 heteroatoms. The van der Waals surface area contributed by atoms with Crippen LogP contribution in [0.15, 0.2) is 29.1 Å². The molecule has 0 aliphatic heterocycles. The Bertz CT molecular complexity index is 890. The summed E-state index contributed by atoms with van der Waals surface area (Å²) in [5.41, 5.74) is 2.30. The molecule has 108 valence electrons. The van der Waals surface area contributed by atoms with Gasteiger partial charge < -0.3 is 4.74 Å². The molecule has 0 radical (unpaired) electrons. The minimum absolute atomic E-state index is 0.0322. The van der Waals surface area contributed by atoms with Gasteiger partial charge in [0.15, 0.2) is 5.65 Å². The first-order chi connectivity index (χ1) is 10.2. The van der Waals surface area contributed by atoms with E-state index in [2.05, 4.69) is 10.2 Å². The Morgan fingerprint density at radius 3 is 2.76 bits per heavy atom. The number of aryl methyl sites for hydroxylation is 1. The predicted molar refractivity (Wildman–Crippen MR) is 79.3 cm³/mol. The highest BCUT2D eigenvalue weighted by atomic mass is 16.5. The molecule has 21 heavy (non-hydrogen) atoms. The molecule has 1 aromatic carbocycles. The van der Waals surface area contributed by atoms with Crippen LogP contribution < -0.4 is 5.69 Å². The van der Waals surface area contributed by atoms with Gasteiger partial charge in [-0.2, -0.15) is 0 Å². The number of benzene rings is 1. The highest BCUT2D eigenvalue weighted by Crippen LogP contribution is 2.36. The van der Waals surface area contributed by atoms with Gasteiger partial charge in [0.05, 0.1) is 11.6 Å². The summed E-state index contributed by atoms with van der Waals surface area (Å²) in [6.45, 7) is 0. The second kappa shape index (κ2) is 4.39. The van der Waals surface area contributed by atoms with Crippen LogP contribution >= 0.6 is 0 Å². The van der Waals surface area contributed by atoms with E-state index in [4.69, 9.17) is 4.74 Å². The standard InChI is InChI=1S/C15H16N4O2/c1-18-14-13(11-5-3-4-6-12(11)16-17-14)19(15(18)20)9-7-10(8-9)21-2/h3-6,9-10H,7-8H2,1-2H3. The van der Waals surface area contributed by atoms with E-state index in [0.29, 0.717) is 5.65 Å². The summed E-state index contributed by atoms with van der Waals surface area (Å²) >= 11 is 0. The second-order valence-corrected chi connectivity index (χ2v) is 5.58. The van der Waals surface area contributed by atoms with Crippen LogP contribution in [-0.2, 0) is 11.8 Å². The van der Waals surface area contributed by atoms with Gasteiger partial charge in [0.25, 0.3) is 0 Å². The van der Waals surface area contributed by atoms with E-state index in [-0.39, 0.29) is 17.8 Å². The molecule has 0 spiro atoms. The van der Waals surface area contributed by atoms with E-state index in [1.807, 2.05) is 28.8 Å². The van der Waals surface area contributed by atoms with Crippen LogP contribution in [0.1, 0.15) is 18.9 Å². The summed E-state index contributed by atoms with van der Waals surface area (Å²) in [6, 6.07) is 7.98. The van der Waals surface area contributed by atoms with Crippen molar-refractivity contribution in [2.75, 3.05) is 7.11 Å². The minimum Gasteiger partial charge on any atom is -0.381 e. The molecule has 6 nitrogen and oxygen atoms in total. The molecule has 0 bridgehead atoms. The summed E-state index contributed by atoms with van der Waals surface area (Å²) in [7, 11) is 3.46. The van der Waals surface area contributed by atoms with E-state index in [1.54, 1.807) is 18.7 Å². The van der Waals surface area contributed by atoms with Crippen molar-refractivity contribution in [3.8, 4) is 0 Å². The first kappa shape index (κ1) is 12.5. The number of aromatic nitrogens is 4. The maximum absolute atomic E-state index is 12.6. The summed E-state index contributed by atoms with van der Waals surface area (Å²) in [4.78, 5) is 12.6. The zero-order valence-corrected chi connectivity index (χ0v) is 12.0. The van der Waals surface area contributed by atoms with Gasteiger partial charge in [0, 0.05) is 25.6 Å². The number of imidazole rings is 1. The molecular weight excluding hydrogens is 268 g/mol. The largest absolute Gasteiger partial charge is 0.381 e. The number of fused-ring (bicyclic) bond motifs is 3. The molecule has 0 saturated heterocycles. The molecule has 4 rings (SSSR count). The number of hydrogen-bond acceptors (Lipinski definition) is 4. The van der Waals surface area contributed by atoms with Gasteiger partial charge in [0.2, 0.25) is 0 Å². The van der Waals surface area contributed by atoms with Crippen LogP contribution in [0.4, 0.5) is 0 Å². The topological polar surface area (TPSA) is 61.9 Å². The SMILES string of the molecule is COC1CC(n2c(=O)n(C)c3nnc4ccccc4c32)C1. The predicted octanol–water partition coefficient (Wildman–Crippen LogP) is 1.63.